The molecule has 33 heavy (non-hydrogen) atoms. The van der Waals surface area contributed by atoms with Crippen molar-refractivity contribution in [3.63, 3.8) is 0 Å². The number of nitrogens with zero attached hydrogens (tertiary/aromatic N) is 2. The molecule has 0 aliphatic carbocycles. The molecule has 1 N–H and O–H groups in total. The number of nitrogens with one attached hydrogen (secondary N) is 1. The SMILES string of the molecule is CCCCNC(=O)[C@H](C)N(Cc1cccc(C)c1)C(=O)CN(c1ccc(Cl)cc1)S(C)(=O)=O. The lowest BCUT2D eigenvalue weighted by Crippen LogP contribution is -2.51. The minimum absolute atomic E-state index is 0.182. The summed E-state index contributed by atoms with van der Waals surface area (Å²) in [4.78, 5) is 27.6. The highest BCUT2D eigenvalue weighted by molar-refractivity contribution is 7.92. The van der Waals surface area contributed by atoms with E-state index in [1.807, 2.05) is 38.1 Å². The Bertz CT molecular complexity index is 1060. The molecule has 180 valence electrons. The standard InChI is InChI=1S/C24H32ClN3O4S/c1-5-6-14-26-24(30)19(3)27(16-20-9-7-8-18(2)15-20)23(29)17-28(33(4,31)32)22-12-10-21(25)11-13-22/h7-13,15,19H,5-6,14,16-17H2,1-4H3,(H,26,30)/t19-/m0/s1. The molecule has 0 bridgehead atoms. The zero-order valence-corrected chi connectivity index (χ0v) is 21.1. The Morgan fingerprint density at radius 2 is 1.79 bits per heavy atom. The number of carbonyl (C=O) groups excluding carboxylic acids is 2. The lowest BCUT2D eigenvalue weighted by atomic mass is 10.1. The first-order valence-corrected chi connectivity index (χ1v) is 13.1. The molecule has 9 heteroatoms. The maximum absolute atomic E-state index is 13.4. The van der Waals surface area contributed by atoms with Gasteiger partial charge in [0.2, 0.25) is 21.8 Å². The molecule has 2 aromatic carbocycles. The smallest absolute Gasteiger partial charge is 0.244 e. The largest absolute Gasteiger partial charge is 0.354 e. The van der Waals surface area contributed by atoms with Crippen molar-refractivity contribution in [2.75, 3.05) is 23.7 Å². The third kappa shape index (κ3) is 8.05. The van der Waals surface area contributed by atoms with Gasteiger partial charge in [-0.2, -0.15) is 0 Å². The van der Waals surface area contributed by atoms with E-state index in [2.05, 4.69) is 5.32 Å². The molecule has 7 nitrogen and oxygen atoms in total. The highest BCUT2D eigenvalue weighted by Crippen LogP contribution is 2.21. The quantitative estimate of drug-likeness (QED) is 0.483. The molecule has 0 saturated carbocycles. The van der Waals surface area contributed by atoms with Crippen molar-refractivity contribution < 1.29 is 18.0 Å². The van der Waals surface area contributed by atoms with Gasteiger partial charge in [-0.05, 0) is 50.1 Å². The van der Waals surface area contributed by atoms with Crippen molar-refractivity contribution in [1.82, 2.24) is 10.2 Å². The van der Waals surface area contributed by atoms with Crippen molar-refractivity contribution in [2.45, 2.75) is 46.2 Å². The number of hydrogen-bond acceptors (Lipinski definition) is 4. The summed E-state index contributed by atoms with van der Waals surface area (Å²) in [5, 5.41) is 3.31. The molecule has 0 spiro atoms. The van der Waals surface area contributed by atoms with Crippen molar-refractivity contribution in [3.05, 3.63) is 64.7 Å². The second-order valence-corrected chi connectivity index (χ2v) is 10.4. The molecule has 1 atom stereocenters. The van der Waals surface area contributed by atoms with Crippen LogP contribution in [0.1, 0.15) is 37.8 Å². The summed E-state index contributed by atoms with van der Waals surface area (Å²) in [6.07, 6.45) is 2.81. The van der Waals surface area contributed by atoms with Crippen LogP contribution in [0.5, 0.6) is 0 Å². The minimum Gasteiger partial charge on any atom is -0.354 e. The maximum atomic E-state index is 13.4. The Morgan fingerprint density at radius 3 is 2.36 bits per heavy atom. The Hall–Kier alpha value is -2.58. The fourth-order valence-corrected chi connectivity index (χ4v) is 4.32. The third-order valence-electron chi connectivity index (χ3n) is 5.23. The van der Waals surface area contributed by atoms with E-state index in [-0.39, 0.29) is 12.5 Å². The molecule has 0 unspecified atom stereocenters. The first-order valence-electron chi connectivity index (χ1n) is 10.9. The second-order valence-electron chi connectivity index (χ2n) is 8.08. The second kappa shape index (κ2) is 12.0. The van der Waals surface area contributed by atoms with E-state index in [0.717, 1.165) is 34.5 Å². The first-order chi connectivity index (χ1) is 15.5. The maximum Gasteiger partial charge on any atom is 0.244 e. The molecular weight excluding hydrogens is 462 g/mol. The monoisotopic (exact) mass is 493 g/mol. The van der Waals surface area contributed by atoms with E-state index >= 15 is 0 Å². The number of sulfonamides is 1. The van der Waals surface area contributed by atoms with E-state index < -0.39 is 28.5 Å². The van der Waals surface area contributed by atoms with Gasteiger partial charge in [-0.25, -0.2) is 8.42 Å². The number of carbonyl (C=O) groups is 2. The van der Waals surface area contributed by atoms with Crippen LogP contribution in [0.25, 0.3) is 0 Å². The summed E-state index contributed by atoms with van der Waals surface area (Å²) >= 11 is 5.93. The summed E-state index contributed by atoms with van der Waals surface area (Å²) in [5.41, 5.74) is 2.21. The fourth-order valence-electron chi connectivity index (χ4n) is 3.35. The number of benzene rings is 2. The number of aryl methyl sites for hydroxylation is 1. The molecule has 0 aliphatic rings. The zero-order valence-electron chi connectivity index (χ0n) is 19.5. The van der Waals surface area contributed by atoms with Gasteiger partial charge in [0.25, 0.3) is 0 Å². The fraction of sp³-hybridized carbons (Fsp3) is 0.417. The normalized spacial score (nSPS) is 12.2. The van der Waals surface area contributed by atoms with Crippen molar-refractivity contribution in [2.24, 2.45) is 0 Å². The number of rotatable bonds is 11. The number of hydrogen-bond donors (Lipinski definition) is 1. The van der Waals surface area contributed by atoms with Crippen LogP contribution in [0, 0.1) is 6.92 Å². The third-order valence-corrected chi connectivity index (χ3v) is 6.62. The molecule has 0 saturated heterocycles. The summed E-state index contributed by atoms with van der Waals surface area (Å²) in [6.45, 7) is 5.90. The molecular formula is C24H32ClN3O4S. The highest BCUT2D eigenvalue weighted by Gasteiger charge is 2.30. The molecule has 0 radical (unpaired) electrons. The molecule has 2 aromatic rings. The Morgan fingerprint density at radius 1 is 1.12 bits per heavy atom. The highest BCUT2D eigenvalue weighted by atomic mass is 35.5. The van der Waals surface area contributed by atoms with Crippen LogP contribution in [0.3, 0.4) is 0 Å². The van der Waals surface area contributed by atoms with E-state index in [1.165, 1.54) is 4.90 Å². The summed E-state index contributed by atoms with van der Waals surface area (Å²) in [6, 6.07) is 13.1. The van der Waals surface area contributed by atoms with E-state index in [9.17, 15) is 18.0 Å². The van der Waals surface area contributed by atoms with E-state index in [1.54, 1.807) is 31.2 Å². The molecule has 0 fully saturated rings. The minimum atomic E-state index is -3.76. The summed E-state index contributed by atoms with van der Waals surface area (Å²) in [7, 11) is -3.76. The van der Waals surface area contributed by atoms with Gasteiger partial charge in [0, 0.05) is 18.1 Å². The van der Waals surface area contributed by atoms with E-state index in [4.69, 9.17) is 11.6 Å². The van der Waals surface area contributed by atoms with Crippen LogP contribution < -0.4 is 9.62 Å². The number of halogens is 1. The molecule has 0 heterocycles. The molecule has 2 amide bonds. The van der Waals surface area contributed by atoms with Crippen molar-refractivity contribution >= 4 is 39.1 Å². The van der Waals surface area contributed by atoms with Gasteiger partial charge in [-0.3, -0.25) is 13.9 Å². The van der Waals surface area contributed by atoms with Gasteiger partial charge in [0.05, 0.1) is 11.9 Å². The van der Waals surface area contributed by atoms with Gasteiger partial charge in [0.15, 0.2) is 0 Å². The average molecular weight is 494 g/mol. The van der Waals surface area contributed by atoms with Gasteiger partial charge in [-0.1, -0.05) is 54.8 Å². The van der Waals surface area contributed by atoms with Crippen LogP contribution in [0.4, 0.5) is 5.69 Å². The van der Waals surface area contributed by atoms with Crippen LogP contribution in [-0.4, -0.2) is 50.5 Å². The van der Waals surface area contributed by atoms with Gasteiger partial charge < -0.3 is 10.2 Å². The first kappa shape index (κ1) is 26.7. The molecule has 0 aliphatic heterocycles. The van der Waals surface area contributed by atoms with Crippen LogP contribution in [0.2, 0.25) is 5.02 Å². The predicted octanol–water partition coefficient (Wildman–Crippen LogP) is 3.75. The number of unbranched alkanes of at least 4 members (excludes halogenated alkanes) is 1. The zero-order chi connectivity index (χ0) is 24.6. The molecule has 0 aromatic heterocycles. The lowest BCUT2D eigenvalue weighted by molar-refractivity contribution is -0.139. The van der Waals surface area contributed by atoms with Gasteiger partial charge in [-0.15, -0.1) is 0 Å². The van der Waals surface area contributed by atoms with Gasteiger partial charge in [0.1, 0.15) is 12.6 Å². The predicted molar refractivity (Wildman–Crippen MR) is 133 cm³/mol. The Labute approximate surface area is 201 Å². The molecule has 2 rings (SSSR count). The van der Waals surface area contributed by atoms with Gasteiger partial charge >= 0.3 is 0 Å². The van der Waals surface area contributed by atoms with Crippen LogP contribution in [-0.2, 0) is 26.2 Å². The average Bonchev–Trinajstić information content (AvgIpc) is 2.75. The number of anilines is 1. The lowest BCUT2D eigenvalue weighted by Gasteiger charge is -2.31. The Kier molecular flexibility index (Phi) is 9.73. The Balaban J connectivity index is 2.33. The number of amides is 2. The van der Waals surface area contributed by atoms with E-state index in [0.29, 0.717) is 17.3 Å². The van der Waals surface area contributed by atoms with Crippen LogP contribution >= 0.6 is 11.6 Å². The van der Waals surface area contributed by atoms with Crippen molar-refractivity contribution in [3.8, 4) is 0 Å². The van der Waals surface area contributed by atoms with Crippen molar-refractivity contribution in [1.29, 1.82) is 0 Å². The topological polar surface area (TPSA) is 86.8 Å². The summed E-state index contributed by atoms with van der Waals surface area (Å²) < 4.78 is 26.0. The summed E-state index contributed by atoms with van der Waals surface area (Å²) in [5.74, 6) is -0.753. The van der Waals surface area contributed by atoms with Crippen LogP contribution in [0.15, 0.2) is 48.5 Å².